The van der Waals surface area contributed by atoms with Crippen LogP contribution in [0.1, 0.15) is 5.56 Å². The minimum Gasteiger partial charge on any atom is -0.497 e. The highest BCUT2D eigenvalue weighted by molar-refractivity contribution is 5.75. The maximum absolute atomic E-state index is 5.17. The van der Waals surface area contributed by atoms with E-state index in [1.807, 2.05) is 59.8 Å². The summed E-state index contributed by atoms with van der Waals surface area (Å²) in [6.45, 7) is 0.705. The van der Waals surface area contributed by atoms with Gasteiger partial charge in [0.2, 0.25) is 0 Å². The van der Waals surface area contributed by atoms with Crippen LogP contribution in [0.4, 0.5) is 0 Å². The molecule has 4 aromatic rings. The van der Waals surface area contributed by atoms with Crippen molar-refractivity contribution in [1.82, 2.24) is 24.4 Å². The van der Waals surface area contributed by atoms with Crippen LogP contribution in [0.25, 0.3) is 16.8 Å². The molecule has 0 radical (unpaired) electrons. The molecular formula is C17H15N5O. The van der Waals surface area contributed by atoms with Crippen LogP contribution in [0.2, 0.25) is 0 Å². The van der Waals surface area contributed by atoms with Crippen molar-refractivity contribution in [2.75, 3.05) is 7.11 Å². The molecule has 0 amide bonds. The molecule has 1 aromatic carbocycles. The van der Waals surface area contributed by atoms with Crippen molar-refractivity contribution >= 4 is 5.65 Å². The number of nitrogens with zero attached hydrogens (tertiary/aromatic N) is 5. The average Bonchev–Trinajstić information content (AvgIpc) is 3.22. The molecular weight excluding hydrogens is 290 g/mol. The van der Waals surface area contributed by atoms with E-state index >= 15 is 0 Å². The zero-order valence-electron chi connectivity index (χ0n) is 12.6. The average molecular weight is 305 g/mol. The van der Waals surface area contributed by atoms with Crippen LogP contribution in [-0.4, -0.2) is 31.5 Å². The fourth-order valence-corrected chi connectivity index (χ4v) is 2.54. The Labute approximate surface area is 133 Å². The SMILES string of the molecule is COc1ccc(Cn2cc(-c3cnn4cccnc34)cn2)cc1. The Hall–Kier alpha value is -3.15. The summed E-state index contributed by atoms with van der Waals surface area (Å²) in [5.74, 6) is 0.854. The number of fused-ring (bicyclic) bond motifs is 1. The van der Waals surface area contributed by atoms with Crippen molar-refractivity contribution in [3.05, 3.63) is 66.9 Å². The van der Waals surface area contributed by atoms with Crippen LogP contribution in [-0.2, 0) is 6.54 Å². The van der Waals surface area contributed by atoms with Gasteiger partial charge in [0.05, 0.1) is 26.0 Å². The van der Waals surface area contributed by atoms with Gasteiger partial charge in [-0.1, -0.05) is 12.1 Å². The summed E-state index contributed by atoms with van der Waals surface area (Å²) in [4.78, 5) is 4.38. The Morgan fingerprint density at radius 2 is 1.96 bits per heavy atom. The van der Waals surface area contributed by atoms with Crippen molar-refractivity contribution in [3.63, 3.8) is 0 Å². The highest BCUT2D eigenvalue weighted by Gasteiger charge is 2.09. The van der Waals surface area contributed by atoms with Gasteiger partial charge in [-0.2, -0.15) is 10.2 Å². The Morgan fingerprint density at radius 3 is 2.78 bits per heavy atom. The zero-order valence-corrected chi connectivity index (χ0v) is 12.6. The van der Waals surface area contributed by atoms with E-state index in [9.17, 15) is 0 Å². The van der Waals surface area contributed by atoms with Crippen LogP contribution in [0, 0.1) is 0 Å². The topological polar surface area (TPSA) is 57.2 Å². The number of methoxy groups -OCH3 is 1. The predicted octanol–water partition coefficient (Wildman–Crippen LogP) is 2.65. The first kappa shape index (κ1) is 13.5. The van der Waals surface area contributed by atoms with Crippen LogP contribution in [0.15, 0.2) is 61.3 Å². The summed E-state index contributed by atoms with van der Waals surface area (Å²) in [6, 6.07) is 9.84. The van der Waals surface area contributed by atoms with E-state index in [4.69, 9.17) is 4.74 Å². The second kappa shape index (κ2) is 5.57. The van der Waals surface area contributed by atoms with Gasteiger partial charge in [0.15, 0.2) is 5.65 Å². The van der Waals surface area contributed by atoms with Crippen molar-refractivity contribution < 1.29 is 4.74 Å². The van der Waals surface area contributed by atoms with Crippen molar-refractivity contribution in [3.8, 4) is 16.9 Å². The van der Waals surface area contributed by atoms with E-state index in [1.165, 1.54) is 5.56 Å². The van der Waals surface area contributed by atoms with Crippen LogP contribution in [0.5, 0.6) is 5.75 Å². The van der Waals surface area contributed by atoms with Gasteiger partial charge in [0.1, 0.15) is 5.75 Å². The number of benzene rings is 1. The van der Waals surface area contributed by atoms with Crippen molar-refractivity contribution in [2.45, 2.75) is 6.54 Å². The maximum Gasteiger partial charge on any atom is 0.162 e. The summed E-state index contributed by atoms with van der Waals surface area (Å²) in [5.41, 5.74) is 3.98. The molecule has 0 atom stereocenters. The fraction of sp³-hybridized carbons (Fsp3) is 0.118. The van der Waals surface area contributed by atoms with Gasteiger partial charge in [-0.05, 0) is 23.8 Å². The lowest BCUT2D eigenvalue weighted by Gasteiger charge is -2.03. The highest BCUT2D eigenvalue weighted by Crippen LogP contribution is 2.22. The predicted molar refractivity (Wildman–Crippen MR) is 86.3 cm³/mol. The van der Waals surface area contributed by atoms with Crippen molar-refractivity contribution in [1.29, 1.82) is 0 Å². The third kappa shape index (κ3) is 2.55. The zero-order chi connectivity index (χ0) is 15.6. The van der Waals surface area contributed by atoms with Crippen LogP contribution >= 0.6 is 0 Å². The van der Waals surface area contributed by atoms with Crippen LogP contribution < -0.4 is 4.74 Å². The Bertz CT molecular complexity index is 939. The molecule has 4 rings (SSSR count). The molecule has 0 spiro atoms. The molecule has 0 saturated heterocycles. The minimum atomic E-state index is 0.705. The van der Waals surface area contributed by atoms with E-state index in [2.05, 4.69) is 15.2 Å². The molecule has 3 aromatic heterocycles. The molecule has 0 aliphatic carbocycles. The molecule has 0 aliphatic rings. The molecule has 6 heteroatoms. The second-order valence-corrected chi connectivity index (χ2v) is 5.22. The largest absolute Gasteiger partial charge is 0.497 e. The van der Waals surface area contributed by atoms with E-state index in [0.717, 1.165) is 22.5 Å². The number of ether oxygens (including phenoxy) is 1. The number of hydrogen-bond acceptors (Lipinski definition) is 4. The monoisotopic (exact) mass is 305 g/mol. The lowest BCUT2D eigenvalue weighted by atomic mass is 10.2. The summed E-state index contributed by atoms with van der Waals surface area (Å²) in [5, 5.41) is 8.75. The minimum absolute atomic E-state index is 0.705. The fourth-order valence-electron chi connectivity index (χ4n) is 2.54. The maximum atomic E-state index is 5.17. The highest BCUT2D eigenvalue weighted by atomic mass is 16.5. The Morgan fingerprint density at radius 1 is 1.09 bits per heavy atom. The summed E-state index contributed by atoms with van der Waals surface area (Å²) >= 11 is 0. The molecule has 0 unspecified atom stereocenters. The van der Waals surface area contributed by atoms with Crippen molar-refractivity contribution in [2.24, 2.45) is 0 Å². The van der Waals surface area contributed by atoms with Crippen LogP contribution in [0.3, 0.4) is 0 Å². The van der Waals surface area contributed by atoms with Gasteiger partial charge in [0, 0.05) is 29.7 Å². The van der Waals surface area contributed by atoms with Gasteiger partial charge in [-0.15, -0.1) is 0 Å². The summed E-state index contributed by atoms with van der Waals surface area (Å²) in [7, 11) is 1.67. The smallest absolute Gasteiger partial charge is 0.162 e. The number of rotatable bonds is 4. The molecule has 3 heterocycles. The first-order valence-corrected chi connectivity index (χ1v) is 7.27. The number of hydrogen-bond donors (Lipinski definition) is 0. The lowest BCUT2D eigenvalue weighted by molar-refractivity contribution is 0.414. The van der Waals surface area contributed by atoms with E-state index < -0.39 is 0 Å². The molecule has 0 aliphatic heterocycles. The number of aromatic nitrogens is 5. The molecule has 0 bridgehead atoms. The molecule has 0 saturated carbocycles. The van der Waals surface area contributed by atoms with E-state index in [-0.39, 0.29) is 0 Å². The first-order valence-electron chi connectivity index (χ1n) is 7.27. The lowest BCUT2D eigenvalue weighted by Crippen LogP contribution is -1.99. The summed E-state index contributed by atoms with van der Waals surface area (Å²) in [6.07, 6.45) is 9.32. The van der Waals surface area contributed by atoms with Gasteiger partial charge < -0.3 is 4.74 Å². The Balaban J connectivity index is 1.61. The Kier molecular flexibility index (Phi) is 3.27. The molecule has 6 nitrogen and oxygen atoms in total. The van der Waals surface area contributed by atoms with E-state index in [1.54, 1.807) is 17.8 Å². The molecule has 0 N–H and O–H groups in total. The van der Waals surface area contributed by atoms with E-state index in [0.29, 0.717) is 6.54 Å². The van der Waals surface area contributed by atoms with Gasteiger partial charge >= 0.3 is 0 Å². The summed E-state index contributed by atoms with van der Waals surface area (Å²) < 4.78 is 8.84. The van der Waals surface area contributed by atoms with Gasteiger partial charge in [0.25, 0.3) is 0 Å². The van der Waals surface area contributed by atoms with Gasteiger partial charge in [-0.25, -0.2) is 9.50 Å². The standard InChI is InChI=1S/C17H15N5O/c1-23-15-5-3-13(4-6-15)11-21-12-14(9-19-21)16-10-20-22-8-2-7-18-17(16)22/h2-10,12H,11H2,1H3. The third-order valence-corrected chi connectivity index (χ3v) is 3.73. The first-order chi connectivity index (χ1) is 11.3. The normalized spacial score (nSPS) is 11.0. The molecule has 23 heavy (non-hydrogen) atoms. The van der Waals surface area contributed by atoms with Gasteiger partial charge in [-0.3, -0.25) is 4.68 Å². The second-order valence-electron chi connectivity index (χ2n) is 5.22. The molecule has 0 fully saturated rings. The quantitative estimate of drug-likeness (QED) is 0.581. The molecule has 114 valence electrons. The third-order valence-electron chi connectivity index (χ3n) is 3.73.